The molecule has 13 heavy (non-hydrogen) atoms. The van der Waals surface area contributed by atoms with E-state index in [4.69, 9.17) is 4.74 Å². The highest BCUT2D eigenvalue weighted by molar-refractivity contribution is 9.10. The number of benzene rings is 1. The normalized spacial score (nSPS) is 9.46. The molecule has 0 aliphatic carbocycles. The maximum absolute atomic E-state index is 11.2. The third kappa shape index (κ3) is 2.21. The minimum absolute atomic E-state index is 0.385. The lowest BCUT2D eigenvalue weighted by Crippen LogP contribution is -2.03. The van der Waals surface area contributed by atoms with Gasteiger partial charge in [0.15, 0.2) is 0 Å². The van der Waals surface area contributed by atoms with Crippen molar-refractivity contribution in [1.82, 2.24) is 0 Å². The zero-order valence-electron chi connectivity index (χ0n) is 7.26. The van der Waals surface area contributed by atoms with Crippen molar-refractivity contribution in [3.8, 4) is 5.75 Å². The van der Waals surface area contributed by atoms with Crippen molar-refractivity contribution in [3.05, 3.63) is 28.2 Å². The van der Waals surface area contributed by atoms with Crippen molar-refractivity contribution in [1.29, 1.82) is 0 Å². The topological polar surface area (TPSA) is 35.5 Å². The Balaban J connectivity index is 3.15. The molecule has 0 N–H and O–H groups in total. The van der Waals surface area contributed by atoms with Crippen LogP contribution in [0.3, 0.4) is 0 Å². The van der Waals surface area contributed by atoms with Crippen LogP contribution in [0, 0.1) is 6.07 Å². The molecule has 0 atom stereocenters. The summed E-state index contributed by atoms with van der Waals surface area (Å²) in [6, 6.07) is 6.04. The minimum atomic E-state index is -0.424. The molecule has 3 nitrogen and oxygen atoms in total. The summed E-state index contributed by atoms with van der Waals surface area (Å²) in [5.41, 5.74) is 0.385. The molecule has 0 saturated heterocycles. The number of esters is 1. The highest BCUT2D eigenvalue weighted by Gasteiger charge is 2.12. The summed E-state index contributed by atoms with van der Waals surface area (Å²) in [6.45, 7) is 0. The molecule has 0 aromatic heterocycles. The van der Waals surface area contributed by atoms with E-state index in [1.165, 1.54) is 14.2 Å². The van der Waals surface area contributed by atoms with E-state index in [9.17, 15) is 4.79 Å². The molecule has 4 heteroatoms. The predicted octanol–water partition coefficient (Wildman–Crippen LogP) is 2.04. The van der Waals surface area contributed by atoms with Gasteiger partial charge in [0, 0.05) is 10.5 Å². The van der Waals surface area contributed by atoms with E-state index in [2.05, 4.69) is 26.7 Å². The second-order valence-corrected chi connectivity index (χ2v) is 3.11. The summed E-state index contributed by atoms with van der Waals surface area (Å²) >= 11 is 3.20. The first-order valence-electron chi connectivity index (χ1n) is 3.52. The number of hydrogen-bond donors (Lipinski definition) is 0. The Bertz CT molecular complexity index is 323. The number of ether oxygens (including phenoxy) is 2. The van der Waals surface area contributed by atoms with E-state index in [0.29, 0.717) is 15.8 Å². The van der Waals surface area contributed by atoms with Crippen LogP contribution in [0.1, 0.15) is 10.4 Å². The van der Waals surface area contributed by atoms with Crippen molar-refractivity contribution in [2.24, 2.45) is 0 Å². The summed E-state index contributed by atoms with van der Waals surface area (Å²) in [4.78, 5) is 11.2. The van der Waals surface area contributed by atoms with Gasteiger partial charge in [-0.05, 0) is 12.1 Å². The molecule has 0 amide bonds. The molecule has 1 aromatic carbocycles. The number of carbonyl (C=O) groups excluding carboxylic acids is 1. The fourth-order valence-electron chi connectivity index (χ4n) is 0.890. The quantitative estimate of drug-likeness (QED) is 0.747. The average molecular weight is 244 g/mol. The van der Waals surface area contributed by atoms with Gasteiger partial charge in [0.1, 0.15) is 11.3 Å². The Morgan fingerprint density at radius 1 is 1.54 bits per heavy atom. The van der Waals surface area contributed by atoms with E-state index in [1.807, 2.05) is 0 Å². The Labute approximate surface area is 84.8 Å². The van der Waals surface area contributed by atoms with Gasteiger partial charge in [0.2, 0.25) is 0 Å². The number of methoxy groups -OCH3 is 2. The Morgan fingerprint density at radius 2 is 2.23 bits per heavy atom. The number of rotatable bonds is 2. The van der Waals surface area contributed by atoms with Gasteiger partial charge in [0.05, 0.1) is 14.2 Å². The molecule has 0 aliphatic rings. The second-order valence-electron chi connectivity index (χ2n) is 2.25. The maximum Gasteiger partial charge on any atom is 0.341 e. The van der Waals surface area contributed by atoms with Crippen LogP contribution >= 0.6 is 15.9 Å². The molecule has 1 radical (unpaired) electrons. The highest BCUT2D eigenvalue weighted by Crippen LogP contribution is 2.22. The van der Waals surface area contributed by atoms with Gasteiger partial charge in [-0.3, -0.25) is 0 Å². The smallest absolute Gasteiger partial charge is 0.341 e. The number of hydrogen-bond acceptors (Lipinski definition) is 3. The van der Waals surface area contributed by atoms with Crippen molar-refractivity contribution in [3.63, 3.8) is 0 Å². The number of carbonyl (C=O) groups is 1. The van der Waals surface area contributed by atoms with Gasteiger partial charge in [-0.15, -0.1) is 0 Å². The molecule has 0 heterocycles. The van der Waals surface area contributed by atoms with Crippen LogP contribution < -0.4 is 4.74 Å². The van der Waals surface area contributed by atoms with Crippen LogP contribution in [0.2, 0.25) is 0 Å². The fraction of sp³-hybridized carbons (Fsp3) is 0.222. The largest absolute Gasteiger partial charge is 0.496 e. The Morgan fingerprint density at radius 3 is 2.77 bits per heavy atom. The third-order valence-electron chi connectivity index (χ3n) is 1.50. The molecule has 0 saturated carbocycles. The maximum atomic E-state index is 11.2. The van der Waals surface area contributed by atoms with Gasteiger partial charge in [-0.1, -0.05) is 15.9 Å². The molecule has 1 aromatic rings. The summed E-state index contributed by atoms with van der Waals surface area (Å²) < 4.78 is 10.2. The fourth-order valence-corrected chi connectivity index (χ4v) is 1.23. The minimum Gasteiger partial charge on any atom is -0.496 e. The lowest BCUT2D eigenvalue weighted by atomic mass is 10.2. The molecule has 0 bridgehead atoms. The zero-order valence-corrected chi connectivity index (χ0v) is 8.84. The van der Waals surface area contributed by atoms with Crippen LogP contribution in [0.15, 0.2) is 16.6 Å². The van der Waals surface area contributed by atoms with Crippen LogP contribution in [0.5, 0.6) is 5.75 Å². The predicted molar refractivity (Wildman–Crippen MR) is 50.9 cm³/mol. The standard InChI is InChI=1S/C9H8BrO3/c1-12-8-4-3-6(10)5-7(8)9(11)13-2/h4-5H,1-2H3. The summed E-state index contributed by atoms with van der Waals surface area (Å²) in [5.74, 6) is 0.0293. The summed E-state index contributed by atoms with van der Waals surface area (Å²) in [7, 11) is 2.82. The van der Waals surface area contributed by atoms with Gasteiger partial charge in [-0.25, -0.2) is 4.79 Å². The van der Waals surface area contributed by atoms with Crippen molar-refractivity contribution in [2.45, 2.75) is 0 Å². The van der Waals surface area contributed by atoms with Crippen molar-refractivity contribution in [2.75, 3.05) is 14.2 Å². The SMILES string of the molecule is COC(=O)c1cc(Br)[c]cc1OC. The second kappa shape index (κ2) is 4.28. The van der Waals surface area contributed by atoms with Crippen LogP contribution in [-0.4, -0.2) is 20.2 Å². The Hall–Kier alpha value is -1.03. The van der Waals surface area contributed by atoms with Crippen LogP contribution in [0.4, 0.5) is 0 Å². The molecule has 0 fully saturated rings. The molecular formula is C9H8BrO3. The van der Waals surface area contributed by atoms with Crippen LogP contribution in [-0.2, 0) is 4.74 Å². The molecule has 0 aliphatic heterocycles. The summed E-state index contributed by atoms with van der Waals surface area (Å²) in [6.07, 6.45) is 0. The Kier molecular flexibility index (Phi) is 3.31. The van der Waals surface area contributed by atoms with E-state index >= 15 is 0 Å². The monoisotopic (exact) mass is 243 g/mol. The van der Waals surface area contributed by atoms with E-state index in [1.54, 1.807) is 12.1 Å². The van der Waals surface area contributed by atoms with Crippen LogP contribution in [0.25, 0.3) is 0 Å². The van der Waals surface area contributed by atoms with Crippen molar-refractivity contribution >= 4 is 21.9 Å². The first-order chi connectivity index (χ1) is 6.19. The highest BCUT2D eigenvalue weighted by atomic mass is 79.9. The first kappa shape index (κ1) is 10.1. The van der Waals surface area contributed by atoms with E-state index < -0.39 is 5.97 Å². The summed E-state index contributed by atoms with van der Waals surface area (Å²) in [5, 5.41) is 0. The lowest BCUT2D eigenvalue weighted by Gasteiger charge is -2.05. The van der Waals surface area contributed by atoms with Gasteiger partial charge in [-0.2, -0.15) is 0 Å². The van der Waals surface area contributed by atoms with E-state index in [-0.39, 0.29) is 0 Å². The van der Waals surface area contributed by atoms with Gasteiger partial charge >= 0.3 is 5.97 Å². The first-order valence-corrected chi connectivity index (χ1v) is 4.32. The molecule has 0 spiro atoms. The molecular weight excluding hydrogens is 236 g/mol. The molecule has 0 unspecified atom stereocenters. The lowest BCUT2D eigenvalue weighted by molar-refractivity contribution is 0.0597. The third-order valence-corrected chi connectivity index (χ3v) is 1.96. The zero-order chi connectivity index (χ0) is 9.84. The number of halogens is 1. The van der Waals surface area contributed by atoms with Gasteiger partial charge in [0.25, 0.3) is 0 Å². The average Bonchev–Trinajstić information content (AvgIpc) is 2.16. The van der Waals surface area contributed by atoms with Crippen molar-refractivity contribution < 1.29 is 14.3 Å². The van der Waals surface area contributed by atoms with E-state index in [0.717, 1.165) is 0 Å². The molecule has 1 rings (SSSR count). The van der Waals surface area contributed by atoms with Gasteiger partial charge < -0.3 is 9.47 Å². The molecule has 69 valence electrons.